The molecule has 2 aliphatic rings. The lowest BCUT2D eigenvalue weighted by Crippen LogP contribution is -2.51. The van der Waals surface area contributed by atoms with Crippen LogP contribution in [0.1, 0.15) is 50.5 Å². The number of nitrogens with two attached hydrogens (primary N) is 1. The average molecular weight is 379 g/mol. The number of nitrogen functional groups attached to an aromatic ring is 1. The molecule has 2 N–H and O–H groups in total. The summed E-state index contributed by atoms with van der Waals surface area (Å²) in [6.07, 6.45) is 8.07. The molecular weight excluding hydrogens is 348 g/mol. The Hall–Kier alpha value is -2.33. The molecule has 4 rings (SSSR count). The van der Waals surface area contributed by atoms with Crippen LogP contribution in [0.4, 0.5) is 5.69 Å². The van der Waals surface area contributed by atoms with Gasteiger partial charge in [0.05, 0.1) is 5.92 Å². The van der Waals surface area contributed by atoms with Crippen LogP contribution in [-0.2, 0) is 10.3 Å². The van der Waals surface area contributed by atoms with E-state index in [1.807, 2.05) is 0 Å². The predicted octanol–water partition coefficient (Wildman–Crippen LogP) is 4.75. The summed E-state index contributed by atoms with van der Waals surface area (Å²) in [7, 11) is 0. The minimum atomic E-state index is -0.109. The molecule has 28 heavy (non-hydrogen) atoms. The fourth-order valence-corrected chi connectivity index (χ4v) is 4.95. The highest BCUT2D eigenvalue weighted by Crippen LogP contribution is 2.44. The van der Waals surface area contributed by atoms with Crippen molar-refractivity contribution in [2.75, 3.05) is 18.8 Å². The number of esters is 1. The SMILES string of the molecule is Nc1ccc(OC(=O)C2CCN(C3(c4ccccc4)CCCCC3)CC2)cc1. The van der Waals surface area contributed by atoms with Gasteiger partial charge in [0.1, 0.15) is 5.75 Å². The molecule has 0 radical (unpaired) electrons. The first-order chi connectivity index (χ1) is 13.7. The summed E-state index contributed by atoms with van der Waals surface area (Å²) in [5.41, 5.74) is 7.96. The van der Waals surface area contributed by atoms with Gasteiger partial charge >= 0.3 is 5.97 Å². The molecule has 1 aliphatic heterocycles. The smallest absolute Gasteiger partial charge is 0.314 e. The summed E-state index contributed by atoms with van der Waals surface area (Å²) in [4.78, 5) is 15.3. The maximum atomic E-state index is 12.6. The molecule has 2 fully saturated rings. The van der Waals surface area contributed by atoms with E-state index in [-0.39, 0.29) is 17.4 Å². The van der Waals surface area contributed by atoms with Crippen molar-refractivity contribution in [1.82, 2.24) is 4.90 Å². The zero-order valence-electron chi connectivity index (χ0n) is 16.5. The van der Waals surface area contributed by atoms with Gasteiger partial charge in [0, 0.05) is 11.2 Å². The van der Waals surface area contributed by atoms with Crippen molar-refractivity contribution in [1.29, 1.82) is 0 Å². The van der Waals surface area contributed by atoms with Crippen molar-refractivity contribution >= 4 is 11.7 Å². The molecule has 1 heterocycles. The minimum absolute atomic E-state index is 0.0229. The fraction of sp³-hybridized carbons (Fsp3) is 0.458. The molecule has 148 valence electrons. The quantitative estimate of drug-likeness (QED) is 0.474. The topological polar surface area (TPSA) is 55.6 Å². The molecule has 4 heteroatoms. The molecule has 0 bridgehead atoms. The number of hydrogen-bond donors (Lipinski definition) is 1. The number of benzene rings is 2. The van der Waals surface area contributed by atoms with Crippen LogP contribution in [-0.4, -0.2) is 24.0 Å². The molecular formula is C24H30N2O2. The lowest BCUT2D eigenvalue weighted by Gasteiger charge is -2.49. The van der Waals surface area contributed by atoms with Crippen molar-refractivity contribution < 1.29 is 9.53 Å². The van der Waals surface area contributed by atoms with Gasteiger partial charge in [-0.3, -0.25) is 9.69 Å². The lowest BCUT2D eigenvalue weighted by atomic mass is 9.74. The Kier molecular flexibility index (Phi) is 5.67. The number of carbonyl (C=O) groups excluding carboxylic acids is 1. The molecule has 0 spiro atoms. The molecule has 2 aromatic carbocycles. The normalized spacial score (nSPS) is 20.6. The van der Waals surface area contributed by atoms with E-state index in [0.29, 0.717) is 11.4 Å². The minimum Gasteiger partial charge on any atom is -0.426 e. The predicted molar refractivity (Wildman–Crippen MR) is 112 cm³/mol. The van der Waals surface area contributed by atoms with E-state index in [1.54, 1.807) is 24.3 Å². The number of rotatable bonds is 4. The molecule has 4 nitrogen and oxygen atoms in total. The van der Waals surface area contributed by atoms with Crippen molar-refractivity contribution in [2.24, 2.45) is 5.92 Å². The van der Waals surface area contributed by atoms with Crippen LogP contribution < -0.4 is 10.5 Å². The van der Waals surface area contributed by atoms with Crippen molar-refractivity contribution in [3.05, 3.63) is 60.2 Å². The van der Waals surface area contributed by atoms with Gasteiger partial charge in [-0.2, -0.15) is 0 Å². The fourth-order valence-electron chi connectivity index (χ4n) is 4.95. The number of piperidine rings is 1. The van der Waals surface area contributed by atoms with E-state index in [0.717, 1.165) is 25.9 Å². The van der Waals surface area contributed by atoms with Crippen molar-refractivity contribution in [2.45, 2.75) is 50.5 Å². The van der Waals surface area contributed by atoms with Crippen LogP contribution in [0.15, 0.2) is 54.6 Å². The van der Waals surface area contributed by atoms with Gasteiger partial charge in [-0.25, -0.2) is 0 Å². The Balaban J connectivity index is 1.42. The number of ether oxygens (including phenoxy) is 1. The molecule has 0 aromatic heterocycles. The summed E-state index contributed by atoms with van der Waals surface area (Å²) < 4.78 is 5.59. The first kappa shape index (κ1) is 19.0. The number of anilines is 1. The summed E-state index contributed by atoms with van der Waals surface area (Å²) in [5.74, 6) is 0.446. The largest absolute Gasteiger partial charge is 0.426 e. The van der Waals surface area contributed by atoms with Gasteiger partial charge < -0.3 is 10.5 Å². The first-order valence-corrected chi connectivity index (χ1v) is 10.6. The van der Waals surface area contributed by atoms with Crippen LogP contribution in [0, 0.1) is 5.92 Å². The maximum absolute atomic E-state index is 12.6. The molecule has 1 saturated carbocycles. The van der Waals surface area contributed by atoms with Gasteiger partial charge in [-0.15, -0.1) is 0 Å². The van der Waals surface area contributed by atoms with E-state index in [2.05, 4.69) is 35.2 Å². The second-order valence-electron chi connectivity index (χ2n) is 8.21. The summed E-state index contributed by atoms with van der Waals surface area (Å²) in [6.45, 7) is 1.91. The van der Waals surface area contributed by atoms with E-state index in [4.69, 9.17) is 10.5 Å². The van der Waals surface area contributed by atoms with Crippen LogP contribution >= 0.6 is 0 Å². The molecule has 0 amide bonds. The van der Waals surface area contributed by atoms with Crippen LogP contribution in [0.5, 0.6) is 5.75 Å². The zero-order chi connectivity index (χ0) is 19.4. The second-order valence-corrected chi connectivity index (χ2v) is 8.21. The Morgan fingerprint density at radius 1 is 0.929 bits per heavy atom. The second kappa shape index (κ2) is 8.36. The van der Waals surface area contributed by atoms with E-state index >= 15 is 0 Å². The number of carbonyl (C=O) groups is 1. The number of hydrogen-bond acceptors (Lipinski definition) is 4. The highest BCUT2D eigenvalue weighted by Gasteiger charge is 2.41. The third-order valence-corrected chi connectivity index (χ3v) is 6.52. The zero-order valence-corrected chi connectivity index (χ0v) is 16.5. The van der Waals surface area contributed by atoms with E-state index in [9.17, 15) is 4.79 Å². The van der Waals surface area contributed by atoms with Gasteiger partial charge in [-0.05, 0) is 68.6 Å². The third kappa shape index (κ3) is 3.93. The monoisotopic (exact) mass is 378 g/mol. The Morgan fingerprint density at radius 2 is 1.57 bits per heavy atom. The van der Waals surface area contributed by atoms with Crippen LogP contribution in [0.25, 0.3) is 0 Å². The molecule has 1 saturated heterocycles. The highest BCUT2D eigenvalue weighted by molar-refractivity contribution is 5.75. The Labute approximate surface area is 167 Å². The Bertz CT molecular complexity index is 774. The average Bonchev–Trinajstić information content (AvgIpc) is 2.76. The molecule has 0 atom stereocenters. The highest BCUT2D eigenvalue weighted by atomic mass is 16.5. The lowest BCUT2D eigenvalue weighted by molar-refractivity contribution is -0.141. The van der Waals surface area contributed by atoms with Gasteiger partial charge in [-0.1, -0.05) is 49.6 Å². The van der Waals surface area contributed by atoms with Crippen LogP contribution in [0.2, 0.25) is 0 Å². The van der Waals surface area contributed by atoms with Gasteiger partial charge in [0.15, 0.2) is 0 Å². The maximum Gasteiger partial charge on any atom is 0.314 e. The standard InChI is InChI=1S/C24H30N2O2/c25-21-9-11-22(12-10-21)28-23(27)19-13-17-26(18-14-19)24(15-5-2-6-16-24)20-7-3-1-4-8-20/h1,3-4,7-12,19H,2,5-6,13-18,25H2. The van der Waals surface area contributed by atoms with Gasteiger partial charge in [0.25, 0.3) is 0 Å². The van der Waals surface area contributed by atoms with E-state index in [1.165, 1.54) is 37.7 Å². The molecule has 1 aliphatic carbocycles. The molecule has 0 unspecified atom stereocenters. The number of likely N-dealkylation sites (tertiary alicyclic amines) is 1. The first-order valence-electron chi connectivity index (χ1n) is 10.6. The van der Waals surface area contributed by atoms with Crippen molar-refractivity contribution in [3.63, 3.8) is 0 Å². The van der Waals surface area contributed by atoms with E-state index < -0.39 is 0 Å². The summed E-state index contributed by atoms with van der Waals surface area (Å²) in [5, 5.41) is 0. The van der Waals surface area contributed by atoms with Gasteiger partial charge in [0.2, 0.25) is 0 Å². The summed E-state index contributed by atoms with van der Waals surface area (Å²) >= 11 is 0. The summed E-state index contributed by atoms with van der Waals surface area (Å²) in [6, 6.07) is 18.0. The molecule has 2 aromatic rings. The van der Waals surface area contributed by atoms with Crippen molar-refractivity contribution in [3.8, 4) is 5.75 Å². The Morgan fingerprint density at radius 3 is 2.21 bits per heavy atom. The van der Waals surface area contributed by atoms with Crippen LogP contribution in [0.3, 0.4) is 0 Å². The third-order valence-electron chi connectivity index (χ3n) is 6.52. The number of nitrogens with zero attached hydrogens (tertiary/aromatic N) is 1.